The van der Waals surface area contributed by atoms with E-state index in [4.69, 9.17) is 46.4 Å². The Labute approximate surface area is 188 Å². The van der Waals surface area contributed by atoms with E-state index in [1.165, 1.54) is 21.5 Å². The van der Waals surface area contributed by atoms with Gasteiger partial charge in [-0.15, -0.1) is 46.4 Å². The molecule has 0 aromatic heterocycles. The van der Waals surface area contributed by atoms with Gasteiger partial charge in [0, 0.05) is 0 Å². The normalized spacial score (nSPS) is 14.4. The molecule has 144 valence electrons. The summed E-state index contributed by atoms with van der Waals surface area (Å²) in [6, 6.07) is 20.9. The molecule has 0 aliphatic carbocycles. The Morgan fingerprint density at radius 2 is 1.04 bits per heavy atom. The van der Waals surface area contributed by atoms with Crippen LogP contribution in [-0.4, -0.2) is 36.0 Å². The lowest BCUT2D eigenvalue weighted by atomic mass is 10.2. The molecule has 0 amide bonds. The molecule has 0 atom stereocenters. The van der Waals surface area contributed by atoms with Crippen molar-refractivity contribution in [3.05, 3.63) is 83.2 Å². The molecule has 0 aliphatic heterocycles. The largest absolute Gasteiger partial charge is 0.110 e. The summed E-state index contributed by atoms with van der Waals surface area (Å²) in [6.45, 7) is 4.69. The van der Waals surface area contributed by atoms with Crippen LogP contribution >= 0.6 is 46.4 Å². The first kappa shape index (κ1) is 23.0. The summed E-state index contributed by atoms with van der Waals surface area (Å²) in [5.74, 6) is 0. The highest BCUT2D eigenvalue weighted by molar-refractivity contribution is 6.93. The van der Waals surface area contributed by atoms with Crippen LogP contribution in [-0.2, 0) is 0 Å². The first-order valence-electron chi connectivity index (χ1n) is 8.87. The van der Waals surface area contributed by atoms with Crippen LogP contribution in [0.2, 0.25) is 13.1 Å². The van der Waals surface area contributed by atoms with E-state index in [9.17, 15) is 0 Å². The summed E-state index contributed by atoms with van der Waals surface area (Å²) in [7, 11) is -3.38. The second kappa shape index (κ2) is 11.1. The van der Waals surface area contributed by atoms with Crippen LogP contribution in [0.4, 0.5) is 0 Å². The zero-order valence-electron chi connectivity index (χ0n) is 15.5. The maximum absolute atomic E-state index is 6.18. The Hall–Kier alpha value is -0.269. The monoisotopic (exact) mass is 488 g/mol. The average molecular weight is 490 g/mol. The number of hydrogen-bond donors (Lipinski definition) is 0. The van der Waals surface area contributed by atoms with Gasteiger partial charge in [-0.2, -0.15) is 0 Å². The molecular formula is C20H24Cl4Si3. The SMILES string of the molecule is C[Si](C)(C=C([SiH2]C(Cl)Cl)c1ccccc1)C=C([SiH2]C(Cl)Cl)c1ccccc1. The van der Waals surface area contributed by atoms with Crippen molar-refractivity contribution in [2.45, 2.75) is 22.0 Å². The van der Waals surface area contributed by atoms with Gasteiger partial charge in [-0.25, -0.2) is 0 Å². The Bertz CT molecular complexity index is 707. The highest BCUT2D eigenvalue weighted by atomic mass is 35.5. The second-order valence-corrected chi connectivity index (χ2v) is 19.9. The molecule has 27 heavy (non-hydrogen) atoms. The Kier molecular flexibility index (Phi) is 9.42. The van der Waals surface area contributed by atoms with E-state index in [1.54, 1.807) is 0 Å². The Morgan fingerprint density at radius 1 is 0.704 bits per heavy atom. The summed E-state index contributed by atoms with van der Waals surface area (Å²) in [4.78, 5) is 0. The highest BCUT2D eigenvalue weighted by Crippen LogP contribution is 2.25. The van der Waals surface area contributed by atoms with Crippen LogP contribution in [0.5, 0.6) is 0 Å². The van der Waals surface area contributed by atoms with Crippen molar-refractivity contribution in [2.24, 2.45) is 0 Å². The second-order valence-electron chi connectivity index (χ2n) is 7.08. The van der Waals surface area contributed by atoms with Gasteiger partial charge in [0.1, 0.15) is 0 Å². The van der Waals surface area contributed by atoms with E-state index in [1.807, 2.05) is 12.1 Å². The molecule has 0 heterocycles. The summed E-state index contributed by atoms with van der Waals surface area (Å²) < 4.78 is -0.577. The molecule has 0 spiro atoms. The maximum atomic E-state index is 6.18. The summed E-state index contributed by atoms with van der Waals surface area (Å²) in [5.41, 5.74) is 7.36. The van der Waals surface area contributed by atoms with Gasteiger partial charge >= 0.3 is 0 Å². The third-order valence-electron chi connectivity index (χ3n) is 4.13. The van der Waals surface area contributed by atoms with E-state index < -0.39 is 27.1 Å². The lowest BCUT2D eigenvalue weighted by Gasteiger charge is -2.20. The van der Waals surface area contributed by atoms with Crippen molar-refractivity contribution in [2.75, 3.05) is 0 Å². The van der Waals surface area contributed by atoms with Gasteiger partial charge in [-0.1, -0.05) is 95.5 Å². The quantitative estimate of drug-likeness (QED) is 0.328. The van der Waals surface area contributed by atoms with Crippen molar-refractivity contribution in [1.29, 1.82) is 0 Å². The molecular weight excluding hydrogens is 466 g/mol. The van der Waals surface area contributed by atoms with Crippen LogP contribution in [0.1, 0.15) is 11.1 Å². The first-order valence-corrected chi connectivity index (χ1v) is 16.8. The molecule has 0 saturated carbocycles. The van der Waals surface area contributed by atoms with Crippen LogP contribution in [0.3, 0.4) is 0 Å². The van der Waals surface area contributed by atoms with Crippen LogP contribution in [0.25, 0.3) is 10.4 Å². The van der Waals surface area contributed by atoms with E-state index in [-0.39, 0.29) is 8.92 Å². The number of benzene rings is 2. The number of hydrogen-bond acceptors (Lipinski definition) is 0. The molecule has 0 bridgehead atoms. The summed E-state index contributed by atoms with van der Waals surface area (Å²) in [6.07, 6.45) is 0. The van der Waals surface area contributed by atoms with Crippen molar-refractivity contribution in [3.8, 4) is 0 Å². The molecule has 0 radical (unpaired) electrons. The van der Waals surface area contributed by atoms with Gasteiger partial charge in [-0.05, 0) is 11.1 Å². The van der Waals surface area contributed by atoms with Gasteiger partial charge in [-0.3, -0.25) is 0 Å². The molecule has 7 heteroatoms. The third kappa shape index (κ3) is 8.32. The van der Waals surface area contributed by atoms with E-state index >= 15 is 0 Å². The van der Waals surface area contributed by atoms with Gasteiger partial charge in [0.25, 0.3) is 0 Å². The topological polar surface area (TPSA) is 0 Å². The standard InChI is InChI=1S/C20H24Cl4Si3/c1-27(2,13-17(25-19(21)22)15-9-5-3-6-10-15)14-18(26-20(23)24)16-11-7-4-8-12-16/h3-14,19-20H,25-26H2,1-2H3. The maximum Gasteiger partial charge on any atom is 0.0957 e. The molecule has 0 fully saturated rings. The first-order chi connectivity index (χ1) is 12.8. The zero-order valence-corrected chi connectivity index (χ0v) is 22.4. The number of rotatable bonds is 8. The smallest absolute Gasteiger partial charge is 0.0957 e. The zero-order chi connectivity index (χ0) is 19.9. The molecule has 2 aromatic carbocycles. The fourth-order valence-electron chi connectivity index (χ4n) is 3.10. The fraction of sp³-hybridized carbons (Fsp3) is 0.200. The minimum absolute atomic E-state index is 0.289. The van der Waals surface area contributed by atoms with Gasteiger partial charge in [0.2, 0.25) is 0 Å². The minimum Gasteiger partial charge on any atom is -0.110 e. The number of halogens is 4. The average Bonchev–Trinajstić information content (AvgIpc) is 2.61. The molecule has 0 unspecified atom stereocenters. The summed E-state index contributed by atoms with van der Waals surface area (Å²) >= 11 is 24.7. The van der Waals surface area contributed by atoms with Crippen LogP contribution < -0.4 is 0 Å². The van der Waals surface area contributed by atoms with Crippen LogP contribution in [0, 0.1) is 0 Å². The van der Waals surface area contributed by atoms with E-state index in [0.29, 0.717) is 0 Å². The third-order valence-corrected chi connectivity index (χ3v) is 11.7. The van der Waals surface area contributed by atoms with Crippen molar-refractivity contribution in [3.63, 3.8) is 0 Å². The van der Waals surface area contributed by atoms with Crippen molar-refractivity contribution >= 4 is 83.9 Å². The highest BCUT2D eigenvalue weighted by Gasteiger charge is 2.20. The van der Waals surface area contributed by atoms with Gasteiger partial charge in [0.15, 0.2) is 0 Å². The van der Waals surface area contributed by atoms with Gasteiger partial charge < -0.3 is 0 Å². The lowest BCUT2D eigenvalue weighted by molar-refractivity contribution is 1.63. The molecule has 0 nitrogen and oxygen atoms in total. The van der Waals surface area contributed by atoms with E-state index in [2.05, 4.69) is 73.0 Å². The molecule has 2 rings (SSSR count). The predicted molar refractivity (Wildman–Crippen MR) is 134 cm³/mol. The predicted octanol–water partition coefficient (Wildman–Crippen LogP) is 5.72. The molecule has 2 aromatic rings. The molecule has 0 N–H and O–H groups in total. The fourth-order valence-corrected chi connectivity index (χ4v) is 13.0. The van der Waals surface area contributed by atoms with Gasteiger partial charge in [0.05, 0.1) is 36.0 Å². The Balaban J connectivity index is 2.44. The van der Waals surface area contributed by atoms with Crippen molar-refractivity contribution in [1.82, 2.24) is 0 Å². The minimum atomic E-state index is -1.82. The summed E-state index contributed by atoms with van der Waals surface area (Å²) in [5, 5.41) is 2.67. The van der Waals surface area contributed by atoms with Crippen LogP contribution in [0.15, 0.2) is 72.1 Å². The van der Waals surface area contributed by atoms with E-state index in [0.717, 1.165) is 0 Å². The molecule has 0 saturated heterocycles. The van der Waals surface area contributed by atoms with Crippen molar-refractivity contribution < 1.29 is 0 Å². The number of alkyl halides is 4. The Morgan fingerprint density at radius 3 is 1.33 bits per heavy atom. The molecule has 0 aliphatic rings. The lowest BCUT2D eigenvalue weighted by Crippen LogP contribution is -2.24.